The molecule has 1 N–H and O–H groups in total. The molecule has 3 aromatic rings. The number of carbonyl (C=O) groups is 1. The summed E-state index contributed by atoms with van der Waals surface area (Å²) >= 11 is 12.2. The average molecular weight is 395 g/mol. The van der Waals surface area contributed by atoms with Crippen LogP contribution >= 0.6 is 23.2 Å². The third kappa shape index (κ3) is 3.97. The van der Waals surface area contributed by atoms with Crippen molar-refractivity contribution in [3.63, 3.8) is 0 Å². The number of hydrogen-bond donors (Lipinski definition) is 1. The van der Waals surface area contributed by atoms with Crippen molar-refractivity contribution in [1.29, 1.82) is 0 Å². The Labute approximate surface area is 159 Å². The zero-order valence-electron chi connectivity index (χ0n) is 14.3. The van der Waals surface area contributed by atoms with Crippen molar-refractivity contribution in [3.05, 3.63) is 51.8 Å². The normalized spacial score (nSPS) is 10.8. The first kappa shape index (κ1) is 18.2. The number of anilines is 1. The minimum atomic E-state index is -0.354. The van der Waals surface area contributed by atoms with Gasteiger partial charge >= 0.3 is 6.03 Å². The molecular formula is C16H16Cl2N6O2. The molecule has 10 heteroatoms. The van der Waals surface area contributed by atoms with Crippen molar-refractivity contribution in [1.82, 2.24) is 24.9 Å². The van der Waals surface area contributed by atoms with Gasteiger partial charge in [0.15, 0.2) is 5.82 Å². The predicted octanol–water partition coefficient (Wildman–Crippen LogP) is 3.84. The molecule has 0 radical (unpaired) electrons. The fourth-order valence-electron chi connectivity index (χ4n) is 2.31. The van der Waals surface area contributed by atoms with Crippen LogP contribution in [0.1, 0.15) is 17.5 Å². The van der Waals surface area contributed by atoms with Crippen molar-refractivity contribution in [2.45, 2.75) is 20.4 Å². The highest BCUT2D eigenvalue weighted by atomic mass is 35.5. The Morgan fingerprint density at radius 2 is 2.04 bits per heavy atom. The van der Waals surface area contributed by atoms with Crippen molar-refractivity contribution in [2.75, 3.05) is 12.4 Å². The van der Waals surface area contributed by atoms with E-state index in [0.717, 1.165) is 5.69 Å². The van der Waals surface area contributed by atoms with E-state index in [-0.39, 0.29) is 12.6 Å². The Hall–Kier alpha value is -2.58. The van der Waals surface area contributed by atoms with E-state index in [9.17, 15) is 4.79 Å². The lowest BCUT2D eigenvalue weighted by Gasteiger charge is -2.14. The number of hydrogen-bond acceptors (Lipinski definition) is 5. The summed E-state index contributed by atoms with van der Waals surface area (Å²) in [5, 5.41) is 15.7. The quantitative estimate of drug-likeness (QED) is 0.725. The Morgan fingerprint density at radius 3 is 2.69 bits per heavy atom. The molecule has 0 atom stereocenters. The van der Waals surface area contributed by atoms with Gasteiger partial charge in [-0.3, -0.25) is 5.32 Å². The fourth-order valence-corrected chi connectivity index (χ4v) is 2.80. The van der Waals surface area contributed by atoms with Crippen LogP contribution in [0.2, 0.25) is 10.0 Å². The van der Waals surface area contributed by atoms with E-state index in [1.807, 2.05) is 6.92 Å². The number of amides is 2. The number of carbonyl (C=O) groups excluding carboxylic acids is 1. The number of urea groups is 1. The van der Waals surface area contributed by atoms with Gasteiger partial charge in [-0.25, -0.2) is 9.48 Å². The average Bonchev–Trinajstić information content (AvgIpc) is 3.13. The second-order valence-electron chi connectivity index (χ2n) is 5.68. The standard InChI is InChI=1S/C16H16Cl2N6O2/c1-9-6-14(22-24(9)13-5-4-11(17)7-12(13)18)19-16(25)23(3)8-15-21-20-10(2)26-15/h4-7H,8H2,1-3H3,(H,19,22,25). The molecule has 0 saturated heterocycles. The van der Waals surface area contributed by atoms with E-state index in [1.54, 1.807) is 42.9 Å². The van der Waals surface area contributed by atoms with E-state index in [1.165, 1.54) is 4.90 Å². The topological polar surface area (TPSA) is 89.1 Å². The second-order valence-corrected chi connectivity index (χ2v) is 6.52. The van der Waals surface area contributed by atoms with Gasteiger partial charge in [-0.15, -0.1) is 15.3 Å². The summed E-state index contributed by atoms with van der Waals surface area (Å²) in [5.41, 5.74) is 1.48. The first-order chi connectivity index (χ1) is 12.3. The van der Waals surface area contributed by atoms with Gasteiger partial charge in [-0.2, -0.15) is 0 Å². The van der Waals surface area contributed by atoms with Crippen LogP contribution in [-0.2, 0) is 6.54 Å². The highest BCUT2D eigenvalue weighted by Crippen LogP contribution is 2.26. The fraction of sp³-hybridized carbons (Fsp3) is 0.250. The molecule has 0 aliphatic heterocycles. The number of benzene rings is 1. The number of rotatable bonds is 4. The highest BCUT2D eigenvalue weighted by Gasteiger charge is 2.16. The van der Waals surface area contributed by atoms with Crippen LogP contribution in [0.5, 0.6) is 0 Å². The molecule has 0 aliphatic rings. The van der Waals surface area contributed by atoms with Gasteiger partial charge in [0.25, 0.3) is 0 Å². The molecule has 8 nitrogen and oxygen atoms in total. The zero-order valence-corrected chi connectivity index (χ0v) is 15.8. The largest absolute Gasteiger partial charge is 0.424 e. The molecule has 0 unspecified atom stereocenters. The van der Waals surface area contributed by atoms with Gasteiger partial charge in [0, 0.05) is 30.8 Å². The van der Waals surface area contributed by atoms with Crippen LogP contribution in [0, 0.1) is 13.8 Å². The second kappa shape index (κ2) is 7.35. The van der Waals surface area contributed by atoms with Gasteiger partial charge in [0.1, 0.15) is 6.54 Å². The van der Waals surface area contributed by atoms with Gasteiger partial charge in [0.2, 0.25) is 11.8 Å². The maximum absolute atomic E-state index is 12.3. The summed E-state index contributed by atoms with van der Waals surface area (Å²) in [7, 11) is 1.62. The van der Waals surface area contributed by atoms with E-state index in [2.05, 4.69) is 20.6 Å². The Balaban J connectivity index is 1.73. The lowest BCUT2D eigenvalue weighted by molar-refractivity contribution is 0.215. The van der Waals surface area contributed by atoms with Crippen molar-refractivity contribution >= 4 is 35.1 Å². The number of nitrogens with zero attached hydrogens (tertiary/aromatic N) is 5. The van der Waals surface area contributed by atoms with Gasteiger partial charge in [0.05, 0.1) is 10.7 Å². The smallest absolute Gasteiger partial charge is 0.323 e. The molecule has 2 aromatic heterocycles. The number of nitrogens with one attached hydrogen (secondary N) is 1. The van der Waals surface area contributed by atoms with E-state index < -0.39 is 0 Å². The summed E-state index contributed by atoms with van der Waals surface area (Å²) in [5.74, 6) is 1.20. The zero-order chi connectivity index (χ0) is 18.8. The molecule has 136 valence electrons. The number of halogens is 2. The van der Waals surface area contributed by atoms with Crippen LogP contribution < -0.4 is 5.32 Å². The van der Waals surface area contributed by atoms with E-state index in [0.29, 0.717) is 33.3 Å². The van der Waals surface area contributed by atoms with Crippen LogP contribution in [-0.4, -0.2) is 38.0 Å². The predicted molar refractivity (Wildman–Crippen MR) is 97.8 cm³/mol. The molecular weight excluding hydrogens is 379 g/mol. The number of aryl methyl sites for hydroxylation is 2. The highest BCUT2D eigenvalue weighted by molar-refractivity contribution is 6.35. The third-order valence-corrected chi connectivity index (χ3v) is 4.09. The lowest BCUT2D eigenvalue weighted by atomic mass is 10.3. The minimum absolute atomic E-state index is 0.190. The molecule has 0 aliphatic carbocycles. The van der Waals surface area contributed by atoms with Crippen molar-refractivity contribution in [2.24, 2.45) is 0 Å². The van der Waals surface area contributed by atoms with E-state index >= 15 is 0 Å². The minimum Gasteiger partial charge on any atom is -0.424 e. The Bertz CT molecular complexity index is 952. The first-order valence-electron chi connectivity index (χ1n) is 7.66. The SMILES string of the molecule is Cc1nnc(CN(C)C(=O)Nc2cc(C)n(-c3ccc(Cl)cc3Cl)n2)o1. The van der Waals surface area contributed by atoms with Gasteiger partial charge in [-0.05, 0) is 25.1 Å². The molecule has 26 heavy (non-hydrogen) atoms. The summed E-state index contributed by atoms with van der Waals surface area (Å²) < 4.78 is 6.90. The first-order valence-corrected chi connectivity index (χ1v) is 8.42. The van der Waals surface area contributed by atoms with Crippen LogP contribution in [0.15, 0.2) is 28.7 Å². The molecule has 0 saturated carbocycles. The summed E-state index contributed by atoms with van der Waals surface area (Å²) in [6.45, 7) is 3.74. The Kier molecular flexibility index (Phi) is 5.15. The molecule has 2 amide bonds. The molecule has 3 rings (SSSR count). The third-order valence-electron chi connectivity index (χ3n) is 3.55. The summed E-state index contributed by atoms with van der Waals surface area (Å²) in [6, 6.07) is 6.52. The Morgan fingerprint density at radius 1 is 1.27 bits per heavy atom. The monoisotopic (exact) mass is 394 g/mol. The van der Waals surface area contributed by atoms with Crippen LogP contribution in [0.25, 0.3) is 5.69 Å². The molecule has 0 spiro atoms. The molecule has 0 bridgehead atoms. The van der Waals surface area contributed by atoms with Crippen LogP contribution in [0.3, 0.4) is 0 Å². The molecule has 1 aromatic carbocycles. The van der Waals surface area contributed by atoms with E-state index in [4.69, 9.17) is 27.6 Å². The lowest BCUT2D eigenvalue weighted by Crippen LogP contribution is -2.31. The summed E-state index contributed by atoms with van der Waals surface area (Å²) in [4.78, 5) is 13.7. The van der Waals surface area contributed by atoms with Crippen molar-refractivity contribution < 1.29 is 9.21 Å². The number of aromatic nitrogens is 4. The van der Waals surface area contributed by atoms with Crippen molar-refractivity contribution in [3.8, 4) is 5.69 Å². The van der Waals surface area contributed by atoms with Gasteiger partial charge < -0.3 is 9.32 Å². The van der Waals surface area contributed by atoms with Crippen LogP contribution in [0.4, 0.5) is 10.6 Å². The maximum Gasteiger partial charge on any atom is 0.323 e. The van der Waals surface area contributed by atoms with Gasteiger partial charge in [-0.1, -0.05) is 23.2 Å². The maximum atomic E-state index is 12.3. The molecule has 2 heterocycles. The summed E-state index contributed by atoms with van der Waals surface area (Å²) in [6.07, 6.45) is 0. The molecule has 0 fully saturated rings.